The number of rotatable bonds is 9. The summed E-state index contributed by atoms with van der Waals surface area (Å²) in [7, 11) is -9.75. The molecule has 3 N–H and O–H groups in total. The van der Waals surface area contributed by atoms with Gasteiger partial charge in [-0.25, -0.2) is 16.8 Å². The Morgan fingerprint density at radius 3 is 1.62 bits per heavy atom. The lowest BCUT2D eigenvalue weighted by molar-refractivity contribution is 0.158. The Bertz CT molecular complexity index is 1380. The number of sulfonamides is 1. The molecule has 8 nitrogen and oxygen atoms in total. The molecule has 3 unspecified atom stereocenters. The Morgan fingerprint density at radius 2 is 1.15 bits per heavy atom. The summed E-state index contributed by atoms with van der Waals surface area (Å²) in [6, 6.07) is 9.56. The molecule has 0 amide bonds. The molecule has 0 aromatic heterocycles. The minimum absolute atomic E-state index is 0.0662. The molecule has 216 valence electrons. The van der Waals surface area contributed by atoms with E-state index in [2.05, 4.69) is 0 Å². The maximum absolute atomic E-state index is 14.4. The van der Waals surface area contributed by atoms with Crippen LogP contribution in [0, 0.1) is 25.7 Å². The van der Waals surface area contributed by atoms with Crippen LogP contribution in [0.1, 0.15) is 75.3 Å². The molecule has 2 saturated carbocycles. The fraction of sp³-hybridized carbons (Fsp3) is 0.571. The Hall–Kier alpha value is -1.55. The van der Waals surface area contributed by atoms with Crippen molar-refractivity contribution >= 4 is 26.2 Å². The summed E-state index contributed by atoms with van der Waals surface area (Å²) in [6.45, 7) is -2.06. The molecule has 3 atom stereocenters. The van der Waals surface area contributed by atoms with Crippen LogP contribution in [0.25, 0.3) is 0 Å². The quantitative estimate of drug-likeness (QED) is 0.353. The van der Waals surface area contributed by atoms with Gasteiger partial charge in [0.05, 0.1) is 15.8 Å². The zero-order valence-corrected chi connectivity index (χ0v) is 25.3. The SMILES string of the molecule is Cc1ccc(S(=O)(=O)N(C(C2CCCCC2)C(N)C2CCCCC2)P(=O)(O)S(=O)(=O)c2ccc(C)cc2)cc1. The van der Waals surface area contributed by atoms with Gasteiger partial charge in [0.15, 0.2) is 0 Å². The van der Waals surface area contributed by atoms with Crippen LogP contribution < -0.4 is 5.73 Å². The maximum Gasteiger partial charge on any atom is 0.400 e. The van der Waals surface area contributed by atoms with Gasteiger partial charge in [-0.1, -0.05) is 73.9 Å². The van der Waals surface area contributed by atoms with Gasteiger partial charge in [0, 0.05) is 6.04 Å². The van der Waals surface area contributed by atoms with Crippen LogP contribution in [0.3, 0.4) is 0 Å². The summed E-state index contributed by atoms with van der Waals surface area (Å²) >= 11 is 0. The fourth-order valence-corrected chi connectivity index (χ4v) is 14.2. The molecule has 0 spiro atoms. The molecule has 0 radical (unpaired) electrons. The Balaban J connectivity index is 1.94. The number of hydrogen-bond donors (Lipinski definition) is 2. The second-order valence-corrected chi connectivity index (χ2v) is 19.0. The van der Waals surface area contributed by atoms with Crippen LogP contribution >= 0.6 is 6.72 Å². The molecule has 2 aromatic carbocycles. The molecule has 2 aliphatic rings. The number of benzene rings is 2. The average Bonchev–Trinajstić information content (AvgIpc) is 2.92. The summed E-state index contributed by atoms with van der Waals surface area (Å²) in [5, 5.41) is 0. The molecular formula is C28H41N2O6PS2. The predicted octanol–water partition coefficient (Wildman–Crippen LogP) is 5.72. The van der Waals surface area contributed by atoms with Gasteiger partial charge >= 0.3 is 6.72 Å². The van der Waals surface area contributed by atoms with Crippen LogP contribution in [-0.2, 0) is 24.0 Å². The number of nitrogens with two attached hydrogens (primary N) is 1. The molecule has 0 bridgehead atoms. The van der Waals surface area contributed by atoms with E-state index in [4.69, 9.17) is 5.73 Å². The van der Waals surface area contributed by atoms with E-state index in [9.17, 15) is 26.3 Å². The maximum atomic E-state index is 14.4. The highest BCUT2D eigenvalue weighted by molar-refractivity contribution is 8.51. The monoisotopic (exact) mass is 596 g/mol. The van der Waals surface area contributed by atoms with Gasteiger partial charge in [0.1, 0.15) is 0 Å². The van der Waals surface area contributed by atoms with Crippen molar-refractivity contribution in [1.82, 2.24) is 4.08 Å². The third-order valence-electron chi connectivity index (χ3n) is 8.42. The molecular weight excluding hydrogens is 555 g/mol. The van der Waals surface area contributed by atoms with E-state index in [-0.39, 0.29) is 16.7 Å². The van der Waals surface area contributed by atoms with Gasteiger partial charge in [-0.15, -0.1) is 4.08 Å². The largest absolute Gasteiger partial charge is 0.400 e. The first-order chi connectivity index (χ1) is 18.4. The zero-order chi connectivity index (χ0) is 28.4. The molecule has 4 rings (SSSR count). The standard InChI is InChI=1S/C28H41N2O6PS2/c1-21-13-17-25(18-14-21)38(33,34)30(37(31,32)39(35,36)26-19-15-22(2)16-20-26)28(24-11-7-4-8-12-24)27(29)23-9-5-3-6-10-23/h13-20,23-24,27-28H,3-12,29H2,1-2H3,(H,31,32). The first kappa shape index (κ1) is 30.4. The minimum atomic E-state index is -5.63. The zero-order valence-electron chi connectivity index (χ0n) is 22.8. The third-order valence-corrected chi connectivity index (χ3v) is 16.9. The highest BCUT2D eigenvalue weighted by Crippen LogP contribution is 2.60. The normalized spacial score (nSPS) is 21.4. The minimum Gasteiger partial charge on any atom is -0.326 e. The second kappa shape index (κ2) is 12.1. The van der Waals surface area contributed by atoms with Crippen LogP contribution in [-0.4, -0.2) is 37.9 Å². The van der Waals surface area contributed by atoms with Gasteiger partial charge in [0.2, 0.25) is 0 Å². The van der Waals surface area contributed by atoms with Gasteiger partial charge in [-0.05, 0) is 75.6 Å². The van der Waals surface area contributed by atoms with Crippen molar-refractivity contribution in [2.45, 2.75) is 99.9 Å². The average molecular weight is 597 g/mol. The van der Waals surface area contributed by atoms with E-state index in [1.54, 1.807) is 26.0 Å². The summed E-state index contributed by atoms with van der Waals surface area (Å²) < 4.78 is 71.4. The Morgan fingerprint density at radius 1 is 0.744 bits per heavy atom. The molecule has 11 heteroatoms. The summed E-state index contributed by atoms with van der Waals surface area (Å²) in [6.07, 6.45) is 8.39. The van der Waals surface area contributed by atoms with Crippen molar-refractivity contribution in [2.75, 3.05) is 0 Å². The smallest absolute Gasteiger partial charge is 0.326 e. The molecule has 2 aromatic rings. The summed E-state index contributed by atoms with van der Waals surface area (Å²) in [5.41, 5.74) is 8.47. The van der Waals surface area contributed by atoms with Crippen LogP contribution in [0.5, 0.6) is 0 Å². The topological polar surface area (TPSA) is 135 Å². The van der Waals surface area contributed by atoms with Gasteiger partial charge in [-0.2, -0.15) is 0 Å². The second-order valence-electron chi connectivity index (χ2n) is 11.2. The van der Waals surface area contributed by atoms with Gasteiger partial charge in [0.25, 0.3) is 19.5 Å². The lowest BCUT2D eigenvalue weighted by Crippen LogP contribution is -2.56. The highest BCUT2D eigenvalue weighted by atomic mass is 32.8. The Kier molecular flexibility index (Phi) is 9.46. The highest BCUT2D eigenvalue weighted by Gasteiger charge is 2.56. The van der Waals surface area contributed by atoms with Crippen LogP contribution in [0.4, 0.5) is 0 Å². The van der Waals surface area contributed by atoms with E-state index in [1.165, 1.54) is 36.4 Å². The summed E-state index contributed by atoms with van der Waals surface area (Å²) in [4.78, 5) is 11.1. The van der Waals surface area contributed by atoms with Crippen molar-refractivity contribution in [3.05, 3.63) is 59.7 Å². The van der Waals surface area contributed by atoms with Crippen LogP contribution in [0.2, 0.25) is 0 Å². The van der Waals surface area contributed by atoms with E-state index < -0.39 is 43.2 Å². The molecule has 2 aliphatic carbocycles. The van der Waals surface area contributed by atoms with E-state index >= 15 is 0 Å². The fourth-order valence-electron chi connectivity index (χ4n) is 6.15. The number of nitrogens with zero attached hydrogens (tertiary/aromatic N) is 1. The first-order valence-corrected chi connectivity index (χ1v) is 19.0. The van der Waals surface area contributed by atoms with Crippen molar-refractivity contribution < 1.29 is 26.3 Å². The van der Waals surface area contributed by atoms with Crippen molar-refractivity contribution in [3.8, 4) is 0 Å². The molecule has 0 heterocycles. The van der Waals surface area contributed by atoms with E-state index in [1.807, 2.05) is 0 Å². The predicted molar refractivity (Wildman–Crippen MR) is 153 cm³/mol. The molecule has 0 aliphatic heterocycles. The van der Waals surface area contributed by atoms with Crippen molar-refractivity contribution in [2.24, 2.45) is 17.6 Å². The first-order valence-electron chi connectivity index (χ1n) is 13.9. The summed E-state index contributed by atoms with van der Waals surface area (Å²) in [5.74, 6) is -0.395. The van der Waals surface area contributed by atoms with Crippen molar-refractivity contribution in [1.29, 1.82) is 0 Å². The Labute approximate surface area is 233 Å². The number of hydrogen-bond acceptors (Lipinski definition) is 6. The molecule has 39 heavy (non-hydrogen) atoms. The van der Waals surface area contributed by atoms with Gasteiger partial charge < -0.3 is 10.6 Å². The van der Waals surface area contributed by atoms with Gasteiger partial charge in [-0.3, -0.25) is 4.57 Å². The van der Waals surface area contributed by atoms with Crippen LogP contribution in [0.15, 0.2) is 58.3 Å². The lowest BCUT2D eigenvalue weighted by atomic mass is 9.75. The molecule has 2 fully saturated rings. The van der Waals surface area contributed by atoms with Crippen molar-refractivity contribution in [3.63, 3.8) is 0 Å². The number of aryl methyl sites for hydroxylation is 2. The molecule has 0 saturated heterocycles. The van der Waals surface area contributed by atoms with E-state index in [0.29, 0.717) is 16.9 Å². The third kappa shape index (κ3) is 6.21. The lowest BCUT2D eigenvalue weighted by Gasteiger charge is -2.44. The van der Waals surface area contributed by atoms with E-state index in [0.717, 1.165) is 62.5 Å².